The van der Waals surface area contributed by atoms with Crippen LogP contribution >= 0.6 is 0 Å². The van der Waals surface area contributed by atoms with Crippen molar-refractivity contribution in [3.63, 3.8) is 0 Å². The van der Waals surface area contributed by atoms with E-state index in [1.54, 1.807) is 24.4 Å². The molecular formula is C16H14N6O3. The van der Waals surface area contributed by atoms with Crippen LogP contribution in [-0.4, -0.2) is 23.3 Å². The fraction of sp³-hybridized carbons (Fsp3) is 0.312. The summed E-state index contributed by atoms with van der Waals surface area (Å²) in [6.07, 6.45) is 4.64. The zero-order chi connectivity index (χ0) is 17.6. The minimum Gasteiger partial charge on any atom is -0.296 e. The SMILES string of the molecule is N#Cc1cn(C2CC2)c(=O)n(CCn2nc3ccccn3c2=O)c1=O. The van der Waals surface area contributed by atoms with Crippen molar-refractivity contribution >= 4 is 5.65 Å². The summed E-state index contributed by atoms with van der Waals surface area (Å²) >= 11 is 0. The number of nitriles is 1. The first-order valence-electron chi connectivity index (χ1n) is 7.90. The van der Waals surface area contributed by atoms with Gasteiger partial charge in [0.25, 0.3) is 5.56 Å². The van der Waals surface area contributed by atoms with Crippen molar-refractivity contribution in [2.24, 2.45) is 0 Å². The molecule has 0 aliphatic heterocycles. The molecule has 3 aromatic heterocycles. The maximum absolute atomic E-state index is 12.5. The van der Waals surface area contributed by atoms with Crippen LogP contribution in [0.3, 0.4) is 0 Å². The van der Waals surface area contributed by atoms with Gasteiger partial charge >= 0.3 is 11.4 Å². The minimum absolute atomic E-state index is 0.0241. The molecule has 1 aliphatic rings. The molecule has 25 heavy (non-hydrogen) atoms. The molecule has 1 saturated carbocycles. The first-order chi connectivity index (χ1) is 12.1. The lowest BCUT2D eigenvalue weighted by atomic mass is 10.3. The first-order valence-corrected chi connectivity index (χ1v) is 7.90. The molecule has 0 unspecified atom stereocenters. The van der Waals surface area contributed by atoms with Crippen LogP contribution in [0.4, 0.5) is 0 Å². The van der Waals surface area contributed by atoms with Gasteiger partial charge in [0.05, 0.1) is 13.1 Å². The number of hydrogen-bond donors (Lipinski definition) is 0. The molecule has 4 rings (SSSR count). The third-order valence-electron chi connectivity index (χ3n) is 4.28. The molecule has 0 spiro atoms. The second kappa shape index (κ2) is 5.59. The molecule has 0 radical (unpaired) electrons. The molecule has 3 aromatic rings. The van der Waals surface area contributed by atoms with E-state index in [1.807, 2.05) is 6.07 Å². The average molecular weight is 338 g/mol. The Kier molecular flexibility index (Phi) is 3.39. The highest BCUT2D eigenvalue weighted by Crippen LogP contribution is 2.33. The van der Waals surface area contributed by atoms with E-state index < -0.39 is 11.2 Å². The van der Waals surface area contributed by atoms with Gasteiger partial charge in [0.2, 0.25) is 0 Å². The molecule has 9 nitrogen and oxygen atoms in total. The van der Waals surface area contributed by atoms with Crippen molar-refractivity contribution < 1.29 is 0 Å². The van der Waals surface area contributed by atoms with Crippen molar-refractivity contribution in [1.29, 1.82) is 5.26 Å². The smallest absolute Gasteiger partial charge is 0.296 e. The van der Waals surface area contributed by atoms with Crippen LogP contribution in [0.5, 0.6) is 0 Å². The van der Waals surface area contributed by atoms with Crippen LogP contribution in [0.25, 0.3) is 5.65 Å². The summed E-state index contributed by atoms with van der Waals surface area (Å²) in [5.41, 5.74) is -1.03. The molecule has 0 aromatic carbocycles. The third-order valence-corrected chi connectivity index (χ3v) is 4.28. The summed E-state index contributed by atoms with van der Waals surface area (Å²) in [6, 6.07) is 7.06. The molecule has 9 heteroatoms. The molecule has 1 fully saturated rings. The Bertz CT molecular complexity index is 1190. The van der Waals surface area contributed by atoms with Gasteiger partial charge in [0.15, 0.2) is 5.65 Å². The monoisotopic (exact) mass is 338 g/mol. The van der Waals surface area contributed by atoms with Gasteiger partial charge in [-0.15, -0.1) is 5.10 Å². The van der Waals surface area contributed by atoms with E-state index in [0.717, 1.165) is 17.4 Å². The van der Waals surface area contributed by atoms with Crippen LogP contribution in [-0.2, 0) is 13.1 Å². The first kappa shape index (κ1) is 15.1. The Morgan fingerprint density at radius 3 is 2.64 bits per heavy atom. The summed E-state index contributed by atoms with van der Waals surface area (Å²) in [6.45, 7) is 0.0406. The summed E-state index contributed by atoms with van der Waals surface area (Å²) in [5.74, 6) is 0. The van der Waals surface area contributed by atoms with Gasteiger partial charge in [-0.05, 0) is 25.0 Å². The highest BCUT2D eigenvalue weighted by molar-refractivity contribution is 5.35. The molecule has 0 bridgehead atoms. The van der Waals surface area contributed by atoms with Gasteiger partial charge in [0.1, 0.15) is 11.6 Å². The molecule has 0 atom stereocenters. The van der Waals surface area contributed by atoms with Crippen LogP contribution in [0.15, 0.2) is 45.0 Å². The maximum atomic E-state index is 12.5. The van der Waals surface area contributed by atoms with Crippen molar-refractivity contribution in [2.45, 2.75) is 32.0 Å². The fourth-order valence-electron chi connectivity index (χ4n) is 2.82. The number of aryl methyl sites for hydroxylation is 1. The van der Waals surface area contributed by atoms with Crippen LogP contribution < -0.4 is 16.9 Å². The molecule has 0 N–H and O–H groups in total. The second-order valence-corrected chi connectivity index (χ2v) is 5.97. The van der Waals surface area contributed by atoms with E-state index in [0.29, 0.717) is 5.65 Å². The van der Waals surface area contributed by atoms with Gasteiger partial charge in [-0.2, -0.15) is 5.26 Å². The minimum atomic E-state index is -0.638. The van der Waals surface area contributed by atoms with Crippen LogP contribution in [0, 0.1) is 11.3 Å². The lowest BCUT2D eigenvalue weighted by Gasteiger charge is -2.09. The van der Waals surface area contributed by atoms with E-state index in [4.69, 9.17) is 5.26 Å². The molecule has 1 aliphatic carbocycles. The molecule has 3 heterocycles. The Balaban J connectivity index is 1.73. The van der Waals surface area contributed by atoms with Gasteiger partial charge in [-0.3, -0.25) is 18.3 Å². The van der Waals surface area contributed by atoms with Crippen molar-refractivity contribution in [3.05, 3.63) is 67.5 Å². The van der Waals surface area contributed by atoms with Crippen LogP contribution in [0.2, 0.25) is 0 Å². The molecule has 0 saturated heterocycles. The van der Waals surface area contributed by atoms with Gasteiger partial charge in [-0.1, -0.05) is 6.07 Å². The zero-order valence-corrected chi connectivity index (χ0v) is 13.2. The predicted molar refractivity (Wildman–Crippen MR) is 87.4 cm³/mol. The maximum Gasteiger partial charge on any atom is 0.350 e. The lowest BCUT2D eigenvalue weighted by Crippen LogP contribution is -2.42. The Morgan fingerprint density at radius 1 is 1.16 bits per heavy atom. The largest absolute Gasteiger partial charge is 0.350 e. The number of pyridine rings is 1. The number of rotatable bonds is 4. The Morgan fingerprint density at radius 2 is 1.96 bits per heavy atom. The summed E-state index contributed by atoms with van der Waals surface area (Å²) in [4.78, 5) is 37.1. The summed E-state index contributed by atoms with van der Waals surface area (Å²) < 4.78 is 5.04. The topological polar surface area (TPSA) is 107 Å². The van der Waals surface area contributed by atoms with Gasteiger partial charge < -0.3 is 0 Å². The number of nitrogens with zero attached hydrogens (tertiary/aromatic N) is 6. The number of aromatic nitrogens is 5. The highest BCUT2D eigenvalue weighted by atomic mass is 16.2. The average Bonchev–Trinajstić information content (AvgIpc) is 3.40. The van der Waals surface area contributed by atoms with E-state index in [-0.39, 0.29) is 30.4 Å². The normalized spacial score (nSPS) is 13.9. The molecule has 0 amide bonds. The second-order valence-electron chi connectivity index (χ2n) is 5.97. The lowest BCUT2D eigenvalue weighted by molar-refractivity contribution is 0.476. The summed E-state index contributed by atoms with van der Waals surface area (Å²) in [7, 11) is 0. The van der Waals surface area contributed by atoms with Crippen molar-refractivity contribution in [1.82, 2.24) is 23.3 Å². The van der Waals surface area contributed by atoms with Crippen molar-refractivity contribution in [2.75, 3.05) is 0 Å². The Hall–Kier alpha value is -3.41. The van der Waals surface area contributed by atoms with Gasteiger partial charge in [-0.25, -0.2) is 14.3 Å². The predicted octanol–water partition coefficient (Wildman–Crippen LogP) is -0.274. The van der Waals surface area contributed by atoms with E-state index in [1.165, 1.54) is 19.8 Å². The summed E-state index contributed by atoms with van der Waals surface area (Å²) in [5, 5.41) is 13.3. The van der Waals surface area contributed by atoms with Gasteiger partial charge in [0, 0.05) is 18.4 Å². The fourth-order valence-corrected chi connectivity index (χ4v) is 2.82. The Labute approximate surface area is 140 Å². The standard InChI is InChI=1S/C16H14N6O3/c17-9-11-10-21(12-4-5-12)15(24)20(14(11)23)7-8-22-16(25)19-6-2-1-3-13(19)18-22/h1-3,6,10,12H,4-5,7-8H2. The van der Waals surface area contributed by atoms with E-state index in [9.17, 15) is 14.4 Å². The molecular weight excluding hydrogens is 324 g/mol. The van der Waals surface area contributed by atoms with Crippen molar-refractivity contribution in [3.8, 4) is 6.07 Å². The highest BCUT2D eigenvalue weighted by Gasteiger charge is 2.26. The molecule has 126 valence electrons. The van der Waals surface area contributed by atoms with Crippen LogP contribution in [0.1, 0.15) is 24.4 Å². The van der Waals surface area contributed by atoms with E-state index in [2.05, 4.69) is 5.10 Å². The van der Waals surface area contributed by atoms with E-state index >= 15 is 0 Å². The number of fused-ring (bicyclic) bond motifs is 1. The quantitative estimate of drug-likeness (QED) is 0.650. The third kappa shape index (κ3) is 2.48. The number of hydrogen-bond acceptors (Lipinski definition) is 5. The zero-order valence-electron chi connectivity index (χ0n) is 13.2.